The molecule has 0 saturated heterocycles. The minimum Gasteiger partial charge on any atom is -0.353 e. The van der Waals surface area contributed by atoms with Gasteiger partial charge >= 0.3 is 11.9 Å². The molecule has 1 heterocycles. The minimum atomic E-state index is -4.58. The van der Waals surface area contributed by atoms with Crippen molar-refractivity contribution in [2.24, 2.45) is 0 Å². The molecule has 0 aliphatic heterocycles. The first-order chi connectivity index (χ1) is 11.1. The number of hydrogen-bond donors (Lipinski definition) is 1. The van der Waals surface area contributed by atoms with Gasteiger partial charge in [-0.3, -0.25) is 14.9 Å². The first-order valence-corrected chi connectivity index (χ1v) is 6.73. The second-order valence-corrected chi connectivity index (χ2v) is 5.19. The van der Waals surface area contributed by atoms with Crippen LogP contribution in [0.1, 0.15) is 41.6 Å². The second kappa shape index (κ2) is 6.30. The predicted molar refractivity (Wildman–Crippen MR) is 76.6 cm³/mol. The Balaban J connectivity index is 2.33. The summed E-state index contributed by atoms with van der Waals surface area (Å²) >= 11 is 0. The molecule has 7 nitrogen and oxygen atoms in total. The van der Waals surface area contributed by atoms with E-state index in [4.69, 9.17) is 4.52 Å². The average molecular weight is 343 g/mol. The highest BCUT2D eigenvalue weighted by Gasteiger charge is 2.34. The molecule has 0 bridgehead atoms. The lowest BCUT2D eigenvalue weighted by Crippen LogP contribution is -2.15. The van der Waals surface area contributed by atoms with Crippen LogP contribution in [0.3, 0.4) is 0 Å². The van der Waals surface area contributed by atoms with Gasteiger partial charge in [-0.2, -0.15) is 13.2 Å². The van der Waals surface area contributed by atoms with E-state index in [0.29, 0.717) is 6.07 Å². The van der Waals surface area contributed by atoms with Crippen molar-refractivity contribution in [1.29, 1.82) is 0 Å². The zero-order chi connectivity index (χ0) is 18.1. The fourth-order valence-corrected chi connectivity index (χ4v) is 1.97. The van der Waals surface area contributed by atoms with E-state index in [2.05, 4.69) is 10.5 Å². The van der Waals surface area contributed by atoms with Gasteiger partial charge in [0.2, 0.25) is 11.5 Å². The molecule has 2 aromatic rings. The molecule has 0 aliphatic rings. The van der Waals surface area contributed by atoms with Crippen molar-refractivity contribution in [1.82, 2.24) is 5.16 Å². The summed E-state index contributed by atoms with van der Waals surface area (Å²) in [7, 11) is 0. The Labute approximate surface area is 133 Å². The maximum atomic E-state index is 12.7. The van der Waals surface area contributed by atoms with Crippen molar-refractivity contribution in [3.8, 4) is 0 Å². The highest BCUT2D eigenvalue weighted by Crippen LogP contribution is 2.32. The standard InChI is InChI=1S/C14H12F3N3O4/c1-7(2)12-11(20(22)23)10(19-24-12)13(21)18-9-5-3-4-8(6-9)14(15,16)17/h3-7H,1-2H3,(H,18,21). The van der Waals surface area contributed by atoms with E-state index in [-0.39, 0.29) is 11.4 Å². The van der Waals surface area contributed by atoms with Crippen molar-refractivity contribution in [2.45, 2.75) is 25.9 Å². The van der Waals surface area contributed by atoms with Crippen molar-refractivity contribution in [3.05, 3.63) is 51.4 Å². The number of carbonyl (C=O) groups is 1. The summed E-state index contributed by atoms with van der Waals surface area (Å²) in [5.74, 6) is -1.51. The zero-order valence-corrected chi connectivity index (χ0v) is 12.5. The highest BCUT2D eigenvalue weighted by atomic mass is 19.4. The third-order valence-electron chi connectivity index (χ3n) is 3.06. The Morgan fingerprint density at radius 1 is 1.38 bits per heavy atom. The van der Waals surface area contributed by atoms with Gasteiger partial charge < -0.3 is 9.84 Å². The van der Waals surface area contributed by atoms with Gasteiger partial charge in [0.05, 0.1) is 10.5 Å². The number of halogens is 3. The van der Waals surface area contributed by atoms with E-state index in [1.807, 2.05) is 0 Å². The molecular weight excluding hydrogens is 331 g/mol. The summed E-state index contributed by atoms with van der Waals surface area (Å²) < 4.78 is 42.8. The number of alkyl halides is 3. The number of carbonyl (C=O) groups excluding carboxylic acids is 1. The van der Waals surface area contributed by atoms with Gasteiger partial charge in [0.15, 0.2) is 0 Å². The number of nitrogens with one attached hydrogen (secondary N) is 1. The van der Waals surface area contributed by atoms with Crippen LogP contribution in [0.25, 0.3) is 0 Å². The molecule has 1 amide bonds. The van der Waals surface area contributed by atoms with Crippen LogP contribution in [0.5, 0.6) is 0 Å². The molecule has 128 valence electrons. The molecule has 2 rings (SSSR count). The van der Waals surface area contributed by atoms with E-state index in [1.54, 1.807) is 13.8 Å². The van der Waals surface area contributed by atoms with Gasteiger partial charge in [-0.25, -0.2) is 0 Å². The van der Waals surface area contributed by atoms with Crippen molar-refractivity contribution in [3.63, 3.8) is 0 Å². The smallest absolute Gasteiger partial charge is 0.353 e. The third kappa shape index (κ3) is 3.53. The van der Waals surface area contributed by atoms with Crippen LogP contribution >= 0.6 is 0 Å². The van der Waals surface area contributed by atoms with Gasteiger partial charge in [-0.1, -0.05) is 25.1 Å². The summed E-state index contributed by atoms with van der Waals surface area (Å²) in [4.78, 5) is 22.4. The van der Waals surface area contributed by atoms with Crippen LogP contribution in [0.15, 0.2) is 28.8 Å². The number of anilines is 1. The topological polar surface area (TPSA) is 98.3 Å². The molecule has 1 aromatic carbocycles. The van der Waals surface area contributed by atoms with E-state index in [0.717, 1.165) is 12.1 Å². The Morgan fingerprint density at radius 3 is 2.58 bits per heavy atom. The van der Waals surface area contributed by atoms with Crippen LogP contribution < -0.4 is 5.32 Å². The normalized spacial score (nSPS) is 11.6. The van der Waals surface area contributed by atoms with Crippen molar-refractivity contribution >= 4 is 17.3 Å². The molecule has 10 heteroatoms. The molecule has 0 radical (unpaired) electrons. The molecule has 0 saturated carbocycles. The SMILES string of the molecule is CC(C)c1onc(C(=O)Nc2cccc(C(F)(F)F)c2)c1[N+](=O)[O-]. The number of rotatable bonds is 4. The Kier molecular flexibility index (Phi) is 4.58. The molecule has 0 unspecified atom stereocenters. The monoisotopic (exact) mass is 343 g/mol. The summed E-state index contributed by atoms with van der Waals surface area (Å²) in [6.45, 7) is 3.23. The second-order valence-electron chi connectivity index (χ2n) is 5.19. The highest BCUT2D eigenvalue weighted by molar-refractivity contribution is 6.05. The third-order valence-corrected chi connectivity index (χ3v) is 3.06. The Hall–Kier alpha value is -2.91. The molecule has 0 aliphatic carbocycles. The molecule has 0 atom stereocenters. The van der Waals surface area contributed by atoms with Gasteiger partial charge in [0.25, 0.3) is 5.91 Å². The average Bonchev–Trinajstić information content (AvgIpc) is 2.92. The zero-order valence-electron chi connectivity index (χ0n) is 12.5. The van der Waals surface area contributed by atoms with Crippen LogP contribution in [0, 0.1) is 10.1 Å². The molecular formula is C14H12F3N3O4. The summed E-state index contributed by atoms with van der Waals surface area (Å²) in [5.41, 5.74) is -2.33. The van der Waals surface area contributed by atoms with Gasteiger partial charge in [-0.05, 0) is 18.2 Å². The van der Waals surface area contributed by atoms with E-state index in [9.17, 15) is 28.1 Å². The fourth-order valence-electron chi connectivity index (χ4n) is 1.97. The van der Waals surface area contributed by atoms with Gasteiger partial charge in [0, 0.05) is 11.6 Å². The predicted octanol–water partition coefficient (Wildman–Crippen LogP) is 3.98. The Morgan fingerprint density at radius 2 is 2.04 bits per heavy atom. The van der Waals surface area contributed by atoms with E-state index >= 15 is 0 Å². The fraction of sp³-hybridized carbons (Fsp3) is 0.286. The van der Waals surface area contributed by atoms with Crippen LogP contribution in [-0.4, -0.2) is 16.0 Å². The lowest BCUT2D eigenvalue weighted by Gasteiger charge is -2.09. The summed E-state index contributed by atoms with van der Waals surface area (Å²) in [6.07, 6.45) is -4.58. The number of amides is 1. The first kappa shape index (κ1) is 17.4. The van der Waals surface area contributed by atoms with Crippen molar-refractivity contribution < 1.29 is 27.4 Å². The van der Waals surface area contributed by atoms with Crippen molar-refractivity contribution in [2.75, 3.05) is 5.32 Å². The quantitative estimate of drug-likeness (QED) is 0.669. The molecule has 1 N–H and O–H groups in total. The van der Waals surface area contributed by atoms with Crippen LogP contribution in [0.2, 0.25) is 0 Å². The molecule has 0 spiro atoms. The van der Waals surface area contributed by atoms with Crippen LogP contribution in [0.4, 0.5) is 24.5 Å². The number of benzene rings is 1. The largest absolute Gasteiger partial charge is 0.416 e. The molecule has 24 heavy (non-hydrogen) atoms. The number of nitro groups is 1. The first-order valence-electron chi connectivity index (χ1n) is 6.73. The number of hydrogen-bond acceptors (Lipinski definition) is 5. The van der Waals surface area contributed by atoms with E-state index < -0.39 is 39.9 Å². The lowest BCUT2D eigenvalue weighted by atomic mass is 10.1. The summed E-state index contributed by atoms with van der Waals surface area (Å²) in [6, 6.07) is 3.88. The molecule has 1 aromatic heterocycles. The van der Waals surface area contributed by atoms with Crippen LogP contribution in [-0.2, 0) is 6.18 Å². The Bertz CT molecular complexity index is 784. The van der Waals surface area contributed by atoms with Gasteiger partial charge in [-0.15, -0.1) is 0 Å². The minimum absolute atomic E-state index is 0.0887. The number of nitrogens with zero attached hydrogens (tertiary/aromatic N) is 2. The number of aromatic nitrogens is 1. The summed E-state index contributed by atoms with van der Waals surface area (Å²) in [5, 5.41) is 16.7. The maximum absolute atomic E-state index is 12.7. The van der Waals surface area contributed by atoms with E-state index in [1.165, 1.54) is 6.07 Å². The van der Waals surface area contributed by atoms with Gasteiger partial charge in [0.1, 0.15) is 0 Å². The maximum Gasteiger partial charge on any atom is 0.416 e. The lowest BCUT2D eigenvalue weighted by molar-refractivity contribution is -0.386. The molecule has 0 fully saturated rings.